The van der Waals surface area contributed by atoms with E-state index in [-0.39, 0.29) is 6.04 Å². The molecule has 0 bridgehead atoms. The molecular formula is C8H13BrN2S. The number of nitrogens with two attached hydrogens (primary N) is 2. The highest BCUT2D eigenvalue weighted by Gasteiger charge is 2.09. The molecule has 0 amide bonds. The van der Waals surface area contributed by atoms with Crippen molar-refractivity contribution in [3.8, 4) is 0 Å². The molecule has 0 saturated heterocycles. The van der Waals surface area contributed by atoms with Gasteiger partial charge in [-0.3, -0.25) is 0 Å². The van der Waals surface area contributed by atoms with Crippen LogP contribution in [0.2, 0.25) is 0 Å². The minimum absolute atomic E-state index is 0.102. The van der Waals surface area contributed by atoms with Gasteiger partial charge in [-0.1, -0.05) is 0 Å². The smallest absolute Gasteiger partial charge is 0.0731 e. The first-order valence-corrected chi connectivity index (χ1v) is 5.47. The van der Waals surface area contributed by atoms with E-state index in [4.69, 9.17) is 11.5 Å². The highest BCUT2D eigenvalue weighted by atomic mass is 79.9. The van der Waals surface area contributed by atoms with Crippen LogP contribution in [0.25, 0.3) is 0 Å². The Bertz CT molecular complexity index is 240. The van der Waals surface area contributed by atoms with Crippen molar-refractivity contribution in [1.29, 1.82) is 0 Å². The standard InChI is InChI=1S/C8H13BrN2S/c1-5-4-7(12-8(5)9)6(11)2-3-10/h4,6H,2-3,10-11H2,1H3/t6-/m1/s1. The summed E-state index contributed by atoms with van der Waals surface area (Å²) in [5, 5.41) is 0. The molecule has 12 heavy (non-hydrogen) atoms. The summed E-state index contributed by atoms with van der Waals surface area (Å²) in [6.45, 7) is 2.72. The lowest BCUT2D eigenvalue weighted by Gasteiger charge is -2.05. The third kappa shape index (κ3) is 2.29. The lowest BCUT2D eigenvalue weighted by Crippen LogP contribution is -2.13. The molecule has 1 aromatic rings. The van der Waals surface area contributed by atoms with Crippen LogP contribution in [-0.4, -0.2) is 6.54 Å². The predicted octanol–water partition coefficient (Wildman–Crippen LogP) is 2.17. The molecule has 1 heterocycles. The highest BCUT2D eigenvalue weighted by molar-refractivity contribution is 9.11. The van der Waals surface area contributed by atoms with Crippen LogP contribution in [-0.2, 0) is 0 Å². The third-order valence-corrected chi connectivity index (χ3v) is 3.99. The van der Waals surface area contributed by atoms with Crippen molar-refractivity contribution in [2.75, 3.05) is 6.54 Å². The number of rotatable bonds is 3. The third-order valence-electron chi connectivity index (χ3n) is 1.72. The highest BCUT2D eigenvalue weighted by Crippen LogP contribution is 2.31. The van der Waals surface area contributed by atoms with Crippen molar-refractivity contribution in [1.82, 2.24) is 0 Å². The van der Waals surface area contributed by atoms with Crippen molar-refractivity contribution in [2.45, 2.75) is 19.4 Å². The number of aryl methyl sites for hydroxylation is 1. The van der Waals surface area contributed by atoms with Gasteiger partial charge in [-0.05, 0) is 47.4 Å². The average Bonchev–Trinajstić information content (AvgIpc) is 2.33. The van der Waals surface area contributed by atoms with E-state index in [0.717, 1.165) is 6.42 Å². The maximum atomic E-state index is 5.90. The zero-order chi connectivity index (χ0) is 9.14. The fourth-order valence-corrected chi connectivity index (χ4v) is 2.60. The van der Waals surface area contributed by atoms with E-state index >= 15 is 0 Å². The molecule has 0 aromatic carbocycles. The number of thiophene rings is 1. The normalized spacial score (nSPS) is 13.3. The van der Waals surface area contributed by atoms with Crippen LogP contribution in [0.5, 0.6) is 0 Å². The number of halogens is 1. The maximum absolute atomic E-state index is 5.90. The van der Waals surface area contributed by atoms with E-state index in [1.165, 1.54) is 14.2 Å². The first-order valence-electron chi connectivity index (χ1n) is 3.86. The van der Waals surface area contributed by atoms with Gasteiger partial charge in [-0.2, -0.15) is 0 Å². The molecule has 0 aliphatic heterocycles. The molecule has 0 saturated carbocycles. The molecule has 4 heteroatoms. The van der Waals surface area contributed by atoms with Crippen LogP contribution in [0.3, 0.4) is 0 Å². The first-order chi connectivity index (χ1) is 5.65. The van der Waals surface area contributed by atoms with E-state index in [1.807, 2.05) is 0 Å². The Kier molecular flexibility index (Phi) is 3.71. The van der Waals surface area contributed by atoms with Gasteiger partial charge in [0.15, 0.2) is 0 Å². The Morgan fingerprint density at radius 1 is 1.67 bits per heavy atom. The lowest BCUT2D eigenvalue weighted by atomic mass is 10.2. The zero-order valence-corrected chi connectivity index (χ0v) is 9.41. The van der Waals surface area contributed by atoms with Crippen LogP contribution < -0.4 is 11.5 Å². The summed E-state index contributed by atoms with van der Waals surface area (Å²) in [5.74, 6) is 0. The maximum Gasteiger partial charge on any atom is 0.0731 e. The Morgan fingerprint density at radius 2 is 2.33 bits per heavy atom. The quantitative estimate of drug-likeness (QED) is 0.862. The SMILES string of the molecule is Cc1cc([C@H](N)CCN)sc1Br. The van der Waals surface area contributed by atoms with Crippen LogP contribution >= 0.6 is 27.3 Å². The summed E-state index contributed by atoms with van der Waals surface area (Å²) in [4.78, 5) is 1.21. The minimum atomic E-state index is 0.102. The summed E-state index contributed by atoms with van der Waals surface area (Å²) in [5.41, 5.74) is 12.6. The van der Waals surface area contributed by atoms with Crippen LogP contribution in [0.4, 0.5) is 0 Å². The first kappa shape index (κ1) is 10.2. The zero-order valence-electron chi connectivity index (χ0n) is 7.01. The van der Waals surface area contributed by atoms with Crippen molar-refractivity contribution in [2.24, 2.45) is 11.5 Å². The van der Waals surface area contributed by atoms with Gasteiger partial charge in [0.05, 0.1) is 3.79 Å². The van der Waals surface area contributed by atoms with Gasteiger partial charge in [0.2, 0.25) is 0 Å². The van der Waals surface area contributed by atoms with Gasteiger partial charge in [0, 0.05) is 10.9 Å². The Hall–Kier alpha value is 0.100. The molecule has 4 N–H and O–H groups in total. The molecule has 68 valence electrons. The Morgan fingerprint density at radius 3 is 2.75 bits per heavy atom. The Balaban J connectivity index is 2.74. The van der Waals surface area contributed by atoms with Crippen molar-refractivity contribution in [3.05, 3.63) is 20.3 Å². The second kappa shape index (κ2) is 4.37. The minimum Gasteiger partial charge on any atom is -0.330 e. The molecule has 0 radical (unpaired) electrons. The van der Waals surface area contributed by atoms with Crippen molar-refractivity contribution >= 4 is 27.3 Å². The van der Waals surface area contributed by atoms with Crippen molar-refractivity contribution < 1.29 is 0 Å². The van der Waals surface area contributed by atoms with E-state index in [9.17, 15) is 0 Å². The molecule has 0 spiro atoms. The molecule has 0 unspecified atom stereocenters. The molecule has 1 rings (SSSR count). The van der Waals surface area contributed by atoms with Crippen LogP contribution in [0.15, 0.2) is 9.85 Å². The largest absolute Gasteiger partial charge is 0.330 e. The summed E-state index contributed by atoms with van der Waals surface area (Å²) in [7, 11) is 0. The Labute approximate surface area is 85.1 Å². The predicted molar refractivity (Wildman–Crippen MR) is 57.4 cm³/mol. The second-order valence-electron chi connectivity index (χ2n) is 2.79. The van der Waals surface area contributed by atoms with E-state index in [0.29, 0.717) is 6.54 Å². The van der Waals surface area contributed by atoms with Gasteiger partial charge in [0.1, 0.15) is 0 Å². The lowest BCUT2D eigenvalue weighted by molar-refractivity contribution is 0.672. The molecular weight excluding hydrogens is 236 g/mol. The summed E-state index contributed by atoms with van der Waals surface area (Å²) >= 11 is 5.17. The van der Waals surface area contributed by atoms with Crippen molar-refractivity contribution in [3.63, 3.8) is 0 Å². The molecule has 0 aliphatic carbocycles. The molecule has 2 nitrogen and oxygen atoms in total. The second-order valence-corrected chi connectivity index (χ2v) is 5.19. The number of hydrogen-bond acceptors (Lipinski definition) is 3. The molecule has 1 atom stereocenters. The molecule has 1 aromatic heterocycles. The van der Waals surface area contributed by atoms with E-state index in [2.05, 4.69) is 28.9 Å². The number of hydrogen-bond donors (Lipinski definition) is 2. The average molecular weight is 249 g/mol. The fourth-order valence-electron chi connectivity index (χ4n) is 0.988. The van der Waals surface area contributed by atoms with Gasteiger partial charge >= 0.3 is 0 Å². The summed E-state index contributed by atoms with van der Waals surface area (Å²) in [6, 6.07) is 2.22. The van der Waals surface area contributed by atoms with Gasteiger partial charge in [-0.15, -0.1) is 11.3 Å². The van der Waals surface area contributed by atoms with Gasteiger partial charge in [0.25, 0.3) is 0 Å². The summed E-state index contributed by atoms with van der Waals surface area (Å²) in [6.07, 6.45) is 0.854. The topological polar surface area (TPSA) is 52.0 Å². The fraction of sp³-hybridized carbons (Fsp3) is 0.500. The van der Waals surface area contributed by atoms with E-state index in [1.54, 1.807) is 11.3 Å². The molecule has 0 aliphatic rings. The van der Waals surface area contributed by atoms with Crippen LogP contribution in [0.1, 0.15) is 22.9 Å². The monoisotopic (exact) mass is 248 g/mol. The van der Waals surface area contributed by atoms with E-state index < -0.39 is 0 Å². The molecule has 0 fully saturated rings. The van der Waals surface area contributed by atoms with Crippen LogP contribution in [0, 0.1) is 6.92 Å². The van der Waals surface area contributed by atoms with Gasteiger partial charge in [-0.25, -0.2) is 0 Å². The van der Waals surface area contributed by atoms with Gasteiger partial charge < -0.3 is 11.5 Å². The summed E-state index contributed by atoms with van der Waals surface area (Å²) < 4.78 is 1.17.